The van der Waals surface area contributed by atoms with E-state index in [-0.39, 0.29) is 17.4 Å². The maximum Gasteiger partial charge on any atom is 0.224 e. The number of hydrogen-bond acceptors (Lipinski definition) is 4. The first-order valence-corrected chi connectivity index (χ1v) is 9.63. The van der Waals surface area contributed by atoms with Crippen molar-refractivity contribution in [2.75, 3.05) is 32.8 Å². The minimum Gasteiger partial charge on any atom is -0.372 e. The second kappa shape index (κ2) is 7.78. The molecule has 0 N–H and O–H groups in total. The molecule has 26 heavy (non-hydrogen) atoms. The van der Waals surface area contributed by atoms with Crippen LogP contribution in [0.25, 0.3) is 0 Å². The molecule has 3 heterocycles. The molecule has 144 valence electrons. The lowest BCUT2D eigenvalue weighted by atomic mass is 9.90. The van der Waals surface area contributed by atoms with Gasteiger partial charge in [-0.15, -0.1) is 0 Å². The van der Waals surface area contributed by atoms with Gasteiger partial charge in [-0.1, -0.05) is 0 Å². The smallest absolute Gasteiger partial charge is 0.224 e. The Hall–Kier alpha value is -1.89. The van der Waals surface area contributed by atoms with Gasteiger partial charge in [-0.25, -0.2) is 0 Å². The molecule has 7 heteroatoms. The minimum atomic E-state index is -0.283. The summed E-state index contributed by atoms with van der Waals surface area (Å²) < 4.78 is 8.00. The third kappa shape index (κ3) is 4.09. The molecule has 2 amide bonds. The van der Waals surface area contributed by atoms with E-state index in [2.05, 4.69) is 5.10 Å². The SMILES string of the molecule is CCN1CC2(CCN(C(=O)CCn3nc(C)cc3C)CC2)OCCC1=O. The van der Waals surface area contributed by atoms with Gasteiger partial charge in [0, 0.05) is 44.8 Å². The molecule has 7 nitrogen and oxygen atoms in total. The topological polar surface area (TPSA) is 67.7 Å². The van der Waals surface area contributed by atoms with Gasteiger partial charge < -0.3 is 14.5 Å². The number of aryl methyl sites for hydroxylation is 3. The van der Waals surface area contributed by atoms with Gasteiger partial charge in [0.05, 0.1) is 24.3 Å². The van der Waals surface area contributed by atoms with Crippen LogP contribution in [0.3, 0.4) is 0 Å². The first-order valence-electron chi connectivity index (χ1n) is 9.63. The first kappa shape index (κ1) is 18.9. The van der Waals surface area contributed by atoms with Gasteiger partial charge in [0.2, 0.25) is 11.8 Å². The molecule has 0 aromatic carbocycles. The van der Waals surface area contributed by atoms with Crippen molar-refractivity contribution in [1.82, 2.24) is 19.6 Å². The number of piperidine rings is 1. The molecule has 2 aliphatic heterocycles. The summed E-state index contributed by atoms with van der Waals surface area (Å²) in [6.45, 7) is 9.85. The molecule has 1 aromatic rings. The number of aromatic nitrogens is 2. The van der Waals surface area contributed by atoms with Crippen LogP contribution in [0, 0.1) is 13.8 Å². The van der Waals surface area contributed by atoms with Gasteiger partial charge in [0.15, 0.2) is 0 Å². The van der Waals surface area contributed by atoms with Crippen molar-refractivity contribution in [2.24, 2.45) is 0 Å². The van der Waals surface area contributed by atoms with Gasteiger partial charge in [0.1, 0.15) is 0 Å². The van der Waals surface area contributed by atoms with E-state index in [1.54, 1.807) is 0 Å². The normalized spacial score (nSPS) is 20.5. The number of rotatable bonds is 4. The highest BCUT2D eigenvalue weighted by molar-refractivity contribution is 5.77. The third-order valence-corrected chi connectivity index (χ3v) is 5.61. The summed E-state index contributed by atoms with van der Waals surface area (Å²) in [4.78, 5) is 28.5. The van der Waals surface area contributed by atoms with E-state index in [0.29, 0.717) is 45.6 Å². The maximum absolute atomic E-state index is 12.6. The standard InChI is InChI=1S/C19H30N4O3/c1-4-21-14-19(26-12-6-18(21)25)7-10-22(11-8-19)17(24)5-9-23-16(3)13-15(2)20-23/h13H,4-12,14H2,1-3H3. The minimum absolute atomic E-state index is 0.171. The number of carbonyl (C=O) groups excluding carboxylic acids is 2. The van der Waals surface area contributed by atoms with Crippen LogP contribution >= 0.6 is 0 Å². The van der Waals surface area contributed by atoms with Crippen LogP contribution in [0.2, 0.25) is 0 Å². The van der Waals surface area contributed by atoms with Crippen molar-refractivity contribution in [3.63, 3.8) is 0 Å². The van der Waals surface area contributed by atoms with Crippen LogP contribution in [0.5, 0.6) is 0 Å². The summed E-state index contributed by atoms with van der Waals surface area (Å²) >= 11 is 0. The van der Waals surface area contributed by atoms with E-state index in [9.17, 15) is 9.59 Å². The lowest BCUT2D eigenvalue weighted by Crippen LogP contribution is -2.53. The quantitative estimate of drug-likeness (QED) is 0.814. The van der Waals surface area contributed by atoms with Gasteiger partial charge in [0.25, 0.3) is 0 Å². The largest absolute Gasteiger partial charge is 0.372 e. The first-order chi connectivity index (χ1) is 12.4. The third-order valence-electron chi connectivity index (χ3n) is 5.61. The zero-order valence-electron chi connectivity index (χ0n) is 16.2. The summed E-state index contributed by atoms with van der Waals surface area (Å²) in [5.74, 6) is 0.345. The zero-order valence-corrected chi connectivity index (χ0v) is 16.2. The van der Waals surface area contributed by atoms with Gasteiger partial charge >= 0.3 is 0 Å². The Bertz CT molecular complexity index is 662. The fraction of sp³-hybridized carbons (Fsp3) is 0.737. The van der Waals surface area contributed by atoms with Crippen LogP contribution in [-0.2, 0) is 20.9 Å². The monoisotopic (exact) mass is 362 g/mol. The van der Waals surface area contributed by atoms with Gasteiger partial charge in [-0.2, -0.15) is 5.10 Å². The predicted octanol–water partition coefficient (Wildman–Crippen LogP) is 1.52. The van der Waals surface area contributed by atoms with Gasteiger partial charge in [-0.05, 0) is 39.7 Å². The summed E-state index contributed by atoms with van der Waals surface area (Å²) in [7, 11) is 0. The zero-order chi connectivity index (χ0) is 18.7. The molecule has 0 saturated carbocycles. The van der Waals surface area contributed by atoms with E-state index < -0.39 is 0 Å². The molecule has 0 bridgehead atoms. The molecule has 0 atom stereocenters. The number of likely N-dealkylation sites (tertiary alicyclic amines) is 1. The Morgan fingerprint density at radius 2 is 2.04 bits per heavy atom. The summed E-state index contributed by atoms with van der Waals surface area (Å²) in [5.41, 5.74) is 1.79. The average molecular weight is 362 g/mol. The number of likely N-dealkylation sites (N-methyl/N-ethyl adjacent to an activating group) is 1. The highest BCUT2D eigenvalue weighted by Gasteiger charge is 2.40. The van der Waals surface area contributed by atoms with Crippen LogP contribution in [0.4, 0.5) is 0 Å². The number of ether oxygens (including phenoxy) is 1. The molecule has 3 rings (SSSR count). The van der Waals surface area contributed by atoms with E-state index in [0.717, 1.165) is 30.8 Å². The Labute approximate surface area is 155 Å². The molecule has 2 fully saturated rings. The molecular formula is C19H30N4O3. The highest BCUT2D eigenvalue weighted by Crippen LogP contribution is 2.30. The number of amides is 2. The lowest BCUT2D eigenvalue weighted by molar-refractivity contribution is -0.140. The van der Waals surface area contributed by atoms with Crippen molar-refractivity contribution in [1.29, 1.82) is 0 Å². The van der Waals surface area contributed by atoms with Gasteiger partial charge in [-0.3, -0.25) is 14.3 Å². The molecule has 0 radical (unpaired) electrons. The van der Waals surface area contributed by atoms with E-state index in [1.807, 2.05) is 41.3 Å². The fourth-order valence-electron chi connectivity index (χ4n) is 4.01. The number of carbonyl (C=O) groups is 2. The van der Waals surface area contributed by atoms with Crippen molar-refractivity contribution in [2.45, 2.75) is 58.6 Å². The summed E-state index contributed by atoms with van der Waals surface area (Å²) in [5, 5.41) is 4.42. The molecule has 1 spiro atoms. The lowest BCUT2D eigenvalue weighted by Gasteiger charge is -2.42. The number of nitrogens with zero attached hydrogens (tertiary/aromatic N) is 4. The second-order valence-corrected chi connectivity index (χ2v) is 7.47. The Balaban J connectivity index is 1.53. The van der Waals surface area contributed by atoms with E-state index >= 15 is 0 Å². The average Bonchev–Trinajstić information content (AvgIpc) is 2.86. The Morgan fingerprint density at radius 3 is 2.65 bits per heavy atom. The fourth-order valence-corrected chi connectivity index (χ4v) is 4.01. The second-order valence-electron chi connectivity index (χ2n) is 7.47. The van der Waals surface area contributed by atoms with Crippen molar-refractivity contribution < 1.29 is 14.3 Å². The molecule has 1 aromatic heterocycles. The molecule has 0 aliphatic carbocycles. The highest BCUT2D eigenvalue weighted by atomic mass is 16.5. The van der Waals surface area contributed by atoms with Crippen LogP contribution in [-0.4, -0.2) is 69.8 Å². The maximum atomic E-state index is 12.6. The molecule has 0 unspecified atom stereocenters. The van der Waals surface area contributed by atoms with E-state index in [1.165, 1.54) is 0 Å². The predicted molar refractivity (Wildman–Crippen MR) is 97.7 cm³/mol. The summed E-state index contributed by atoms with van der Waals surface area (Å²) in [6.07, 6.45) is 2.51. The van der Waals surface area contributed by atoms with Crippen molar-refractivity contribution in [3.8, 4) is 0 Å². The molecular weight excluding hydrogens is 332 g/mol. The van der Waals surface area contributed by atoms with Crippen molar-refractivity contribution in [3.05, 3.63) is 17.5 Å². The Kier molecular flexibility index (Phi) is 5.65. The Morgan fingerprint density at radius 1 is 1.31 bits per heavy atom. The van der Waals surface area contributed by atoms with Crippen LogP contribution < -0.4 is 0 Å². The number of hydrogen-bond donors (Lipinski definition) is 0. The van der Waals surface area contributed by atoms with E-state index in [4.69, 9.17) is 4.74 Å². The molecule has 2 saturated heterocycles. The summed E-state index contributed by atoms with van der Waals surface area (Å²) in [6, 6.07) is 2.03. The van der Waals surface area contributed by atoms with Crippen LogP contribution in [0.15, 0.2) is 6.07 Å². The van der Waals surface area contributed by atoms with Crippen molar-refractivity contribution >= 4 is 11.8 Å². The van der Waals surface area contributed by atoms with Crippen LogP contribution in [0.1, 0.15) is 44.0 Å². The molecule has 2 aliphatic rings.